The van der Waals surface area contributed by atoms with Crippen molar-refractivity contribution in [3.8, 4) is 17.2 Å². The minimum absolute atomic E-state index is 0.0234. The lowest BCUT2D eigenvalue weighted by Gasteiger charge is -2.45. The molecule has 2 aromatic rings. The molecule has 2 fully saturated rings. The largest absolute Gasteiger partial charge is 0.507 e. The van der Waals surface area contributed by atoms with Crippen LogP contribution in [-0.4, -0.2) is 100.0 Å². The smallest absolute Gasteiger partial charge is 0.202 e. The number of rotatable bonds is 7. The van der Waals surface area contributed by atoms with Crippen LogP contribution in [0.2, 0.25) is 0 Å². The van der Waals surface area contributed by atoms with Crippen molar-refractivity contribution in [3.05, 3.63) is 51.6 Å². The third kappa shape index (κ3) is 5.40. The highest BCUT2D eigenvalue weighted by atomic mass is 16.7. The van der Waals surface area contributed by atoms with Crippen molar-refractivity contribution in [2.24, 2.45) is 5.73 Å². The van der Waals surface area contributed by atoms with Gasteiger partial charge in [0, 0.05) is 48.6 Å². The summed E-state index contributed by atoms with van der Waals surface area (Å²) in [6, 6.07) is 3.91. The molecule has 0 spiro atoms. The molecule has 2 aliphatic heterocycles. The van der Waals surface area contributed by atoms with Crippen LogP contribution in [0.5, 0.6) is 17.2 Å². The summed E-state index contributed by atoms with van der Waals surface area (Å²) >= 11 is 0. The average Bonchev–Trinajstić information content (AvgIpc) is 3.02. The molecular formula is C32H39NO12. The van der Waals surface area contributed by atoms with Gasteiger partial charge in [-0.15, -0.1) is 0 Å². The number of fused-ring (bicyclic) bond motifs is 3. The van der Waals surface area contributed by atoms with Crippen LogP contribution in [0.1, 0.15) is 88.1 Å². The lowest BCUT2D eigenvalue weighted by molar-refractivity contribution is -0.282. The molecule has 2 saturated heterocycles. The molecule has 0 bridgehead atoms. The molecular weight excluding hydrogens is 590 g/mol. The van der Waals surface area contributed by atoms with Crippen molar-refractivity contribution in [2.45, 2.75) is 94.1 Å². The molecule has 0 radical (unpaired) electrons. The third-order valence-corrected chi connectivity index (χ3v) is 9.38. The van der Waals surface area contributed by atoms with E-state index in [1.54, 1.807) is 6.92 Å². The first-order chi connectivity index (χ1) is 21.5. The molecule has 0 aromatic heterocycles. The summed E-state index contributed by atoms with van der Waals surface area (Å²) in [6.07, 6.45) is -3.33. The number of aliphatic hydroxyl groups is 3. The summed E-state index contributed by atoms with van der Waals surface area (Å²) in [4.78, 5) is 27.5. The second kappa shape index (κ2) is 12.2. The first-order valence-electron chi connectivity index (χ1n) is 15.2. The topological polar surface area (TPSA) is 207 Å². The van der Waals surface area contributed by atoms with Crippen molar-refractivity contribution in [3.63, 3.8) is 0 Å². The van der Waals surface area contributed by atoms with Crippen LogP contribution in [0, 0.1) is 0 Å². The molecule has 8 unspecified atom stereocenters. The van der Waals surface area contributed by atoms with Gasteiger partial charge < -0.3 is 55.0 Å². The molecule has 45 heavy (non-hydrogen) atoms. The van der Waals surface area contributed by atoms with Gasteiger partial charge >= 0.3 is 0 Å². The van der Waals surface area contributed by atoms with E-state index in [2.05, 4.69) is 0 Å². The standard InChI is InChI=1S/C32H39NO12/c1-14-31(45-21-8-3-4-9-42-21)17(33)10-22(43-14)44-19-12-32(40,20(35)13-34)11-16-24(19)30(39)26-25(28(16)37)27(36)15-6-5-7-18(41-2)23(15)29(26)38/h5-7,14,17,19-22,31,34-35,37,39-40H,3-4,8-13,33H2,1-2H3. The molecule has 6 rings (SSSR count). The Hall–Kier alpha value is -3.14. The van der Waals surface area contributed by atoms with E-state index in [0.717, 1.165) is 19.3 Å². The molecule has 0 amide bonds. The minimum atomic E-state index is -2.04. The van der Waals surface area contributed by atoms with E-state index in [0.29, 0.717) is 6.61 Å². The lowest BCUT2D eigenvalue weighted by Crippen LogP contribution is -2.55. The van der Waals surface area contributed by atoms with E-state index in [1.807, 2.05) is 0 Å². The Bertz CT molecular complexity index is 1480. The Morgan fingerprint density at radius 3 is 2.49 bits per heavy atom. The first-order valence-corrected chi connectivity index (χ1v) is 15.2. The van der Waals surface area contributed by atoms with Gasteiger partial charge in [0.15, 0.2) is 18.4 Å². The summed E-state index contributed by atoms with van der Waals surface area (Å²) in [5.74, 6) is -2.60. The fraction of sp³-hybridized carbons (Fsp3) is 0.562. The third-order valence-electron chi connectivity index (χ3n) is 9.38. The molecule has 0 saturated carbocycles. The second-order valence-corrected chi connectivity index (χ2v) is 12.3. The highest BCUT2D eigenvalue weighted by molar-refractivity contribution is 6.31. The van der Waals surface area contributed by atoms with Crippen LogP contribution in [0.15, 0.2) is 18.2 Å². The number of aromatic hydroxyl groups is 2. The first kappa shape index (κ1) is 31.8. The van der Waals surface area contributed by atoms with Gasteiger partial charge in [0.05, 0.1) is 48.2 Å². The highest BCUT2D eigenvalue weighted by Crippen LogP contribution is 2.53. The number of hydrogen-bond donors (Lipinski definition) is 6. The van der Waals surface area contributed by atoms with Gasteiger partial charge in [0.25, 0.3) is 0 Å². The Morgan fingerprint density at radius 2 is 1.82 bits per heavy atom. The SMILES string of the molecule is COc1cccc2c1C(=O)c1c(O)c3c(c(O)c1C2=O)CC(O)(C(O)CO)CC3OC1CC(N)C(OC2CCCCO2)C(C)O1. The Labute approximate surface area is 259 Å². The number of phenols is 2. The van der Waals surface area contributed by atoms with Gasteiger partial charge in [-0.1, -0.05) is 12.1 Å². The zero-order valence-electron chi connectivity index (χ0n) is 25.1. The van der Waals surface area contributed by atoms with E-state index >= 15 is 0 Å². The molecule has 2 aliphatic carbocycles. The molecule has 8 atom stereocenters. The zero-order valence-corrected chi connectivity index (χ0v) is 25.1. The molecule has 2 heterocycles. The number of ketones is 2. The number of aliphatic hydroxyl groups excluding tert-OH is 2. The molecule has 2 aromatic carbocycles. The number of carbonyl (C=O) groups excluding carboxylic acids is 2. The number of methoxy groups -OCH3 is 1. The predicted octanol–water partition coefficient (Wildman–Crippen LogP) is 1.34. The Kier molecular flexibility index (Phi) is 8.65. The normalized spacial score (nSPS) is 32.0. The molecule has 13 nitrogen and oxygen atoms in total. The molecule has 13 heteroatoms. The van der Waals surface area contributed by atoms with Crippen LogP contribution in [0.3, 0.4) is 0 Å². The number of hydrogen-bond acceptors (Lipinski definition) is 13. The summed E-state index contributed by atoms with van der Waals surface area (Å²) in [6.45, 7) is 1.56. The molecule has 4 aliphatic rings. The molecule has 244 valence electrons. The fourth-order valence-corrected chi connectivity index (χ4v) is 7.04. The van der Waals surface area contributed by atoms with E-state index in [-0.39, 0.29) is 40.8 Å². The Balaban J connectivity index is 1.37. The number of benzene rings is 2. The average molecular weight is 630 g/mol. The van der Waals surface area contributed by atoms with Crippen molar-refractivity contribution in [2.75, 3.05) is 20.3 Å². The summed E-state index contributed by atoms with van der Waals surface area (Å²) < 4.78 is 29.6. The predicted molar refractivity (Wildman–Crippen MR) is 155 cm³/mol. The van der Waals surface area contributed by atoms with Crippen LogP contribution in [-0.2, 0) is 25.4 Å². The van der Waals surface area contributed by atoms with E-state index in [4.69, 9.17) is 29.4 Å². The van der Waals surface area contributed by atoms with Gasteiger partial charge in [0.2, 0.25) is 5.78 Å². The van der Waals surface area contributed by atoms with Crippen LogP contribution < -0.4 is 10.5 Å². The monoisotopic (exact) mass is 629 g/mol. The maximum atomic E-state index is 13.8. The van der Waals surface area contributed by atoms with Crippen LogP contribution in [0.25, 0.3) is 0 Å². The van der Waals surface area contributed by atoms with Crippen molar-refractivity contribution >= 4 is 11.6 Å². The lowest BCUT2D eigenvalue weighted by atomic mass is 9.71. The Morgan fingerprint density at radius 1 is 1.07 bits per heavy atom. The van der Waals surface area contributed by atoms with E-state index < -0.39 is 95.9 Å². The molecule has 7 N–H and O–H groups in total. The van der Waals surface area contributed by atoms with Gasteiger partial charge in [-0.2, -0.15) is 0 Å². The van der Waals surface area contributed by atoms with Crippen molar-refractivity contribution in [1.29, 1.82) is 0 Å². The van der Waals surface area contributed by atoms with E-state index in [1.165, 1.54) is 25.3 Å². The van der Waals surface area contributed by atoms with Crippen molar-refractivity contribution in [1.82, 2.24) is 0 Å². The summed E-state index contributed by atoms with van der Waals surface area (Å²) in [7, 11) is 1.35. The van der Waals surface area contributed by atoms with E-state index in [9.17, 15) is 35.1 Å². The quantitative estimate of drug-likeness (QED) is 0.204. The number of nitrogens with two attached hydrogens (primary N) is 1. The number of phenolic OH excluding ortho intramolecular Hbond substituents is 2. The summed E-state index contributed by atoms with van der Waals surface area (Å²) in [5.41, 5.74) is 3.37. The number of carbonyl (C=O) groups is 2. The maximum Gasteiger partial charge on any atom is 0.202 e. The van der Waals surface area contributed by atoms with Gasteiger partial charge in [-0.25, -0.2) is 0 Å². The van der Waals surface area contributed by atoms with Crippen LogP contribution in [0.4, 0.5) is 0 Å². The second-order valence-electron chi connectivity index (χ2n) is 12.3. The highest BCUT2D eigenvalue weighted by Gasteiger charge is 2.50. The number of ether oxygens (including phenoxy) is 5. The van der Waals surface area contributed by atoms with Crippen molar-refractivity contribution < 1.29 is 58.8 Å². The minimum Gasteiger partial charge on any atom is -0.507 e. The van der Waals surface area contributed by atoms with Gasteiger partial charge in [-0.05, 0) is 32.3 Å². The summed E-state index contributed by atoms with van der Waals surface area (Å²) in [5, 5.41) is 55.1. The van der Waals surface area contributed by atoms with Crippen LogP contribution >= 0.6 is 0 Å². The maximum absolute atomic E-state index is 13.8. The van der Waals surface area contributed by atoms with Gasteiger partial charge in [0.1, 0.15) is 29.5 Å². The zero-order chi connectivity index (χ0) is 32.2. The van der Waals surface area contributed by atoms with Gasteiger partial charge in [-0.3, -0.25) is 9.59 Å². The fourth-order valence-electron chi connectivity index (χ4n) is 7.04.